The molecule has 3 heterocycles. The number of nitrogens with zero attached hydrogens (tertiary/aromatic N) is 4. The maximum absolute atomic E-state index is 12.7. The maximum Gasteiger partial charge on any atom is 0.317 e. The smallest absolute Gasteiger partial charge is 0.317 e. The van der Waals surface area contributed by atoms with E-state index in [1.54, 1.807) is 6.20 Å². The predicted molar refractivity (Wildman–Crippen MR) is 97.0 cm³/mol. The Hall–Kier alpha value is -2.37. The second kappa shape index (κ2) is 8.14. The van der Waals surface area contributed by atoms with Crippen LogP contribution in [0.3, 0.4) is 0 Å². The first-order valence-corrected chi connectivity index (χ1v) is 9.09. The molecule has 0 bridgehead atoms. The zero-order valence-corrected chi connectivity index (χ0v) is 15.0. The van der Waals surface area contributed by atoms with E-state index < -0.39 is 0 Å². The van der Waals surface area contributed by atoms with Gasteiger partial charge in [-0.1, -0.05) is 19.9 Å². The van der Waals surface area contributed by atoms with E-state index in [4.69, 9.17) is 0 Å². The van der Waals surface area contributed by atoms with Crippen molar-refractivity contribution >= 4 is 6.03 Å². The van der Waals surface area contributed by atoms with Gasteiger partial charge in [0.05, 0.1) is 17.8 Å². The molecule has 0 unspecified atom stereocenters. The van der Waals surface area contributed by atoms with Crippen molar-refractivity contribution in [1.29, 1.82) is 0 Å². The minimum atomic E-state index is -0.0439. The van der Waals surface area contributed by atoms with Gasteiger partial charge in [0, 0.05) is 31.7 Å². The molecule has 1 atom stereocenters. The molecule has 1 saturated heterocycles. The van der Waals surface area contributed by atoms with E-state index in [1.807, 2.05) is 46.2 Å². The van der Waals surface area contributed by atoms with Crippen LogP contribution in [0.15, 0.2) is 42.9 Å². The van der Waals surface area contributed by atoms with Crippen molar-refractivity contribution in [2.24, 2.45) is 5.92 Å². The number of pyridine rings is 1. The molecule has 1 N–H and O–H groups in total. The number of amides is 2. The average Bonchev–Trinajstić information content (AvgIpc) is 3.16. The molecule has 134 valence electrons. The molecule has 2 aromatic rings. The lowest BCUT2D eigenvalue weighted by Crippen LogP contribution is -2.46. The molecule has 2 aromatic heterocycles. The van der Waals surface area contributed by atoms with E-state index in [0.717, 1.165) is 38.0 Å². The molecule has 2 amide bonds. The van der Waals surface area contributed by atoms with Crippen molar-refractivity contribution < 1.29 is 4.79 Å². The molecule has 0 radical (unpaired) electrons. The van der Waals surface area contributed by atoms with E-state index in [9.17, 15) is 4.79 Å². The molecule has 0 aromatic carbocycles. The number of urea groups is 1. The van der Waals surface area contributed by atoms with Crippen LogP contribution in [0.2, 0.25) is 0 Å². The van der Waals surface area contributed by atoms with Gasteiger partial charge in [0.15, 0.2) is 0 Å². The standard InChI is InChI=1S/C19H27N5O/c1-15(2)14-18(17-6-3-4-9-20-17)22-19(25)23-12-7-16(8-13-23)24-11-5-10-21-24/h3-6,9-11,15-16,18H,7-8,12-14H2,1-2H3,(H,22,25)/t18-/m1/s1. The van der Waals surface area contributed by atoms with Crippen LogP contribution in [0.25, 0.3) is 0 Å². The molecule has 1 aliphatic heterocycles. The number of carbonyl (C=O) groups is 1. The summed E-state index contributed by atoms with van der Waals surface area (Å²) in [5.74, 6) is 0.484. The number of likely N-dealkylation sites (tertiary alicyclic amines) is 1. The van der Waals surface area contributed by atoms with Crippen molar-refractivity contribution in [2.75, 3.05) is 13.1 Å². The highest BCUT2D eigenvalue weighted by molar-refractivity contribution is 5.74. The second-order valence-corrected chi connectivity index (χ2v) is 7.09. The first-order valence-electron chi connectivity index (χ1n) is 9.09. The second-order valence-electron chi connectivity index (χ2n) is 7.09. The lowest BCUT2D eigenvalue weighted by molar-refractivity contribution is 0.164. The molecule has 0 spiro atoms. The van der Waals surface area contributed by atoms with Crippen LogP contribution >= 0.6 is 0 Å². The van der Waals surface area contributed by atoms with Gasteiger partial charge in [-0.3, -0.25) is 9.67 Å². The summed E-state index contributed by atoms with van der Waals surface area (Å²) in [5, 5.41) is 7.51. The van der Waals surface area contributed by atoms with Gasteiger partial charge in [-0.15, -0.1) is 0 Å². The van der Waals surface area contributed by atoms with E-state index in [-0.39, 0.29) is 12.1 Å². The largest absolute Gasteiger partial charge is 0.330 e. The van der Waals surface area contributed by atoms with Crippen LogP contribution in [0.4, 0.5) is 4.79 Å². The summed E-state index contributed by atoms with van der Waals surface area (Å²) in [4.78, 5) is 19.1. The molecule has 3 rings (SSSR count). The number of hydrogen-bond donors (Lipinski definition) is 1. The van der Waals surface area contributed by atoms with E-state index in [1.165, 1.54) is 0 Å². The van der Waals surface area contributed by atoms with Crippen LogP contribution < -0.4 is 5.32 Å². The third-order valence-corrected chi connectivity index (χ3v) is 4.70. The van der Waals surface area contributed by atoms with Crippen LogP contribution in [0.1, 0.15) is 50.9 Å². The van der Waals surface area contributed by atoms with Crippen LogP contribution in [-0.2, 0) is 0 Å². The van der Waals surface area contributed by atoms with Crippen molar-refractivity contribution in [3.8, 4) is 0 Å². The summed E-state index contributed by atoms with van der Waals surface area (Å²) in [6.45, 7) is 5.84. The highest BCUT2D eigenvalue weighted by Crippen LogP contribution is 2.23. The fraction of sp³-hybridized carbons (Fsp3) is 0.526. The molecule has 6 nitrogen and oxygen atoms in total. The van der Waals surface area contributed by atoms with Gasteiger partial charge in [0.25, 0.3) is 0 Å². The normalized spacial score (nSPS) is 16.8. The highest BCUT2D eigenvalue weighted by atomic mass is 16.2. The van der Waals surface area contributed by atoms with Crippen molar-refractivity contribution in [1.82, 2.24) is 25.0 Å². The SMILES string of the molecule is CC(C)C[C@@H](NC(=O)N1CCC(n2cccn2)CC1)c1ccccn1. The molecule has 6 heteroatoms. The predicted octanol–water partition coefficient (Wildman–Crippen LogP) is 3.41. The average molecular weight is 341 g/mol. The lowest BCUT2D eigenvalue weighted by atomic mass is 10.0. The summed E-state index contributed by atoms with van der Waals surface area (Å²) in [7, 11) is 0. The Kier molecular flexibility index (Phi) is 5.68. The van der Waals surface area contributed by atoms with Crippen LogP contribution in [-0.4, -0.2) is 38.8 Å². The zero-order chi connectivity index (χ0) is 17.6. The zero-order valence-electron chi connectivity index (χ0n) is 15.0. The molecule has 0 aliphatic carbocycles. The number of carbonyl (C=O) groups excluding carboxylic acids is 1. The van der Waals surface area contributed by atoms with Gasteiger partial charge in [-0.05, 0) is 43.4 Å². The van der Waals surface area contributed by atoms with Gasteiger partial charge in [0.1, 0.15) is 0 Å². The number of piperidine rings is 1. The van der Waals surface area contributed by atoms with Gasteiger partial charge in [0.2, 0.25) is 0 Å². The number of nitrogens with one attached hydrogen (secondary N) is 1. The van der Waals surface area contributed by atoms with E-state index in [2.05, 4.69) is 29.2 Å². The summed E-state index contributed by atoms with van der Waals surface area (Å²) in [6.07, 6.45) is 8.35. The highest BCUT2D eigenvalue weighted by Gasteiger charge is 2.26. The molecular weight excluding hydrogens is 314 g/mol. The molecule has 1 fully saturated rings. The Bertz CT molecular complexity index is 648. The van der Waals surface area contributed by atoms with Crippen LogP contribution in [0.5, 0.6) is 0 Å². The minimum Gasteiger partial charge on any atom is -0.330 e. The Morgan fingerprint density at radius 1 is 1.24 bits per heavy atom. The van der Waals surface area contributed by atoms with E-state index >= 15 is 0 Å². The van der Waals surface area contributed by atoms with Crippen molar-refractivity contribution in [3.05, 3.63) is 48.5 Å². The number of hydrogen-bond acceptors (Lipinski definition) is 3. The molecule has 0 saturated carbocycles. The molecule has 25 heavy (non-hydrogen) atoms. The van der Waals surface area contributed by atoms with Gasteiger partial charge in [-0.2, -0.15) is 5.10 Å². The fourth-order valence-electron chi connectivity index (χ4n) is 3.38. The summed E-state index contributed by atoms with van der Waals surface area (Å²) in [5.41, 5.74) is 0.927. The van der Waals surface area contributed by atoms with Crippen LogP contribution in [0, 0.1) is 5.92 Å². The van der Waals surface area contributed by atoms with Gasteiger partial charge in [-0.25, -0.2) is 4.79 Å². The Balaban J connectivity index is 1.58. The maximum atomic E-state index is 12.7. The lowest BCUT2D eigenvalue weighted by Gasteiger charge is -2.33. The summed E-state index contributed by atoms with van der Waals surface area (Å²) in [6, 6.07) is 8.16. The number of aromatic nitrogens is 3. The topological polar surface area (TPSA) is 63.1 Å². The first-order chi connectivity index (χ1) is 12.1. The summed E-state index contributed by atoms with van der Waals surface area (Å²) < 4.78 is 2.00. The molecule has 1 aliphatic rings. The molecular formula is C19H27N5O. The summed E-state index contributed by atoms with van der Waals surface area (Å²) >= 11 is 0. The van der Waals surface area contributed by atoms with E-state index in [0.29, 0.717) is 12.0 Å². The third-order valence-electron chi connectivity index (χ3n) is 4.70. The Labute approximate surface area is 149 Å². The minimum absolute atomic E-state index is 0.00946. The fourth-order valence-corrected chi connectivity index (χ4v) is 3.38. The van der Waals surface area contributed by atoms with Gasteiger partial charge < -0.3 is 10.2 Å². The quantitative estimate of drug-likeness (QED) is 0.906. The Morgan fingerprint density at radius 3 is 2.64 bits per heavy atom. The van der Waals surface area contributed by atoms with Gasteiger partial charge >= 0.3 is 6.03 Å². The first kappa shape index (κ1) is 17.5. The number of rotatable bonds is 5. The monoisotopic (exact) mass is 341 g/mol. The van der Waals surface area contributed by atoms with Crippen molar-refractivity contribution in [2.45, 2.75) is 45.2 Å². The Morgan fingerprint density at radius 2 is 2.04 bits per heavy atom. The third kappa shape index (κ3) is 4.59. The van der Waals surface area contributed by atoms with Crippen molar-refractivity contribution in [3.63, 3.8) is 0 Å².